The number of hydrogen-bond acceptors (Lipinski definition) is 6. The molecule has 0 bridgehead atoms. The summed E-state index contributed by atoms with van der Waals surface area (Å²) in [7, 11) is -6.09. The topological polar surface area (TPSA) is 166 Å². The number of imidazole rings is 2. The highest BCUT2D eigenvalue weighted by atomic mass is 80.0. The third-order valence-electron chi connectivity index (χ3n) is 1.52. The van der Waals surface area contributed by atoms with Crippen LogP contribution in [0, 0.1) is 0 Å². The van der Waals surface area contributed by atoms with E-state index >= 15 is 0 Å². The van der Waals surface area contributed by atoms with Crippen LogP contribution in [-0.4, -0.2) is 43.4 Å². The van der Waals surface area contributed by atoms with Gasteiger partial charge in [0, 0.05) is 0 Å². The molecule has 0 atom stereocenters. The molecule has 2 rings (SSSR count). The Morgan fingerprint density at radius 2 is 1.44 bits per heavy atom. The van der Waals surface area contributed by atoms with Gasteiger partial charge in [-0.3, -0.25) is 19.9 Å². The maximum absolute atomic E-state index is 10.7. The predicted molar refractivity (Wildman–Crippen MR) is 91.3 cm³/mol. The third kappa shape index (κ3) is 22.8. The minimum atomic E-state index is -6.09. The van der Waals surface area contributed by atoms with E-state index in [0.717, 1.165) is 0 Å². The lowest BCUT2D eigenvalue weighted by Crippen LogP contribution is -2.27. The summed E-state index contributed by atoms with van der Waals surface area (Å²) >= 11 is 9.07. The molecule has 0 saturated heterocycles. The van der Waals surface area contributed by atoms with Gasteiger partial charge in [-0.2, -0.15) is 13.2 Å². The maximum Gasteiger partial charge on any atom is 0.485 e. The van der Waals surface area contributed by atoms with E-state index in [9.17, 15) is 23.1 Å². The fourth-order valence-electron chi connectivity index (χ4n) is 0.622. The van der Waals surface area contributed by atoms with E-state index in [1.807, 2.05) is 24.8 Å². The SMILES string of the molecule is O=C([O-])OCC(Br)(Br)Br.O=S(=O)([O-])C(F)(F)F.c1c[nH+]c[nH]1.c1c[nH+]c[nH]1. The third-order valence-corrected chi connectivity index (χ3v) is 2.78. The number of H-pyrrole nitrogens is 4. The van der Waals surface area contributed by atoms with Gasteiger partial charge in [-0.05, 0) is 0 Å². The lowest BCUT2D eigenvalue weighted by atomic mass is 10.9. The smallest absolute Gasteiger partial charge is 0.485 e. The molecule has 0 unspecified atom stereocenters. The minimum Gasteiger partial charge on any atom is -0.741 e. The highest BCUT2D eigenvalue weighted by Gasteiger charge is 2.36. The lowest BCUT2D eigenvalue weighted by molar-refractivity contribution is -0.376. The summed E-state index contributed by atoms with van der Waals surface area (Å²) in [6.45, 7) is -0.0602. The van der Waals surface area contributed by atoms with Gasteiger partial charge in [0.15, 0.2) is 12.3 Å². The van der Waals surface area contributed by atoms with Crippen molar-refractivity contribution >= 4 is 64.1 Å². The Bertz CT molecular complexity index is 632. The number of rotatable bonds is 1. The zero-order chi connectivity index (χ0) is 21.6. The molecule has 0 spiro atoms. The molecule has 0 aliphatic heterocycles. The molecule has 0 fully saturated rings. The number of carbonyl (C=O) groups is 1. The number of nitrogens with one attached hydrogen (secondary N) is 4. The van der Waals surface area contributed by atoms with Crippen molar-refractivity contribution in [1.82, 2.24) is 9.97 Å². The average molecular weight is 613 g/mol. The number of alkyl halides is 6. The Morgan fingerprint density at radius 3 is 1.52 bits per heavy atom. The summed E-state index contributed by atoms with van der Waals surface area (Å²) in [6.07, 6.45) is 9.23. The molecule has 0 aliphatic carbocycles. The van der Waals surface area contributed by atoms with E-state index in [2.05, 4.69) is 72.5 Å². The van der Waals surface area contributed by atoms with Crippen molar-refractivity contribution < 1.29 is 50.7 Å². The first kappa shape index (κ1) is 28.0. The van der Waals surface area contributed by atoms with Gasteiger partial charge >= 0.3 is 5.51 Å². The van der Waals surface area contributed by atoms with Crippen molar-refractivity contribution in [2.24, 2.45) is 0 Å². The monoisotopic (exact) mass is 610 g/mol. The van der Waals surface area contributed by atoms with Gasteiger partial charge in [0.05, 0.1) is 6.61 Å². The first-order valence-electron chi connectivity index (χ1n) is 6.07. The zero-order valence-electron chi connectivity index (χ0n) is 12.8. The van der Waals surface area contributed by atoms with E-state index in [4.69, 9.17) is 13.0 Å². The molecule has 2 aromatic rings. The summed E-state index contributed by atoms with van der Waals surface area (Å²) in [4.78, 5) is 20.9. The summed E-state index contributed by atoms with van der Waals surface area (Å²) in [6, 6.07) is 0. The number of carbonyl (C=O) groups excluding carboxylic acids is 1. The quantitative estimate of drug-likeness (QED) is 0.210. The van der Waals surface area contributed by atoms with Crippen LogP contribution in [0.15, 0.2) is 37.4 Å². The highest BCUT2D eigenvalue weighted by molar-refractivity contribution is 9.39. The highest BCUT2D eigenvalue weighted by Crippen LogP contribution is 2.33. The second-order valence-corrected chi connectivity index (χ2v) is 12.3. The van der Waals surface area contributed by atoms with Crippen LogP contribution < -0.4 is 15.1 Å². The maximum atomic E-state index is 10.7. The zero-order valence-corrected chi connectivity index (χ0v) is 18.4. The summed E-state index contributed by atoms with van der Waals surface area (Å²) in [5.41, 5.74) is -5.65. The van der Waals surface area contributed by atoms with Gasteiger partial charge < -0.3 is 19.2 Å². The van der Waals surface area contributed by atoms with Gasteiger partial charge in [0.25, 0.3) is 6.16 Å². The number of halogens is 6. The van der Waals surface area contributed by atoms with E-state index in [0.29, 0.717) is 0 Å². The Balaban J connectivity index is 0. The molecule has 2 aromatic heterocycles. The van der Waals surface area contributed by atoms with Gasteiger partial charge in [-0.1, -0.05) is 47.8 Å². The number of aromatic amines is 4. The molecule has 156 valence electrons. The minimum absolute atomic E-state index is 0.0602. The van der Waals surface area contributed by atoms with Crippen LogP contribution in [0.4, 0.5) is 18.0 Å². The molecule has 0 radical (unpaired) electrons. The van der Waals surface area contributed by atoms with E-state index < -0.39 is 23.9 Å². The summed E-state index contributed by atoms with van der Waals surface area (Å²) < 4.78 is 62.3. The predicted octanol–water partition coefficient (Wildman–Crippen LogP) is 0.894. The Kier molecular flexibility index (Phi) is 14.5. The molecule has 0 aromatic carbocycles. The fourth-order valence-corrected chi connectivity index (χ4v) is 0.965. The summed E-state index contributed by atoms with van der Waals surface area (Å²) in [5, 5.41) is 9.65. The van der Waals surface area contributed by atoms with Crippen LogP contribution in [0.3, 0.4) is 0 Å². The van der Waals surface area contributed by atoms with Crippen molar-refractivity contribution in [2.75, 3.05) is 6.61 Å². The van der Waals surface area contributed by atoms with Crippen LogP contribution in [0.1, 0.15) is 0 Å². The van der Waals surface area contributed by atoms with Crippen molar-refractivity contribution in [3.8, 4) is 0 Å². The van der Waals surface area contributed by atoms with Crippen molar-refractivity contribution in [2.45, 2.75) is 7.65 Å². The lowest BCUT2D eigenvalue weighted by Gasteiger charge is -2.15. The van der Waals surface area contributed by atoms with Gasteiger partial charge in [0.2, 0.25) is 12.7 Å². The molecule has 0 aliphatic rings. The second kappa shape index (κ2) is 13.9. The molecule has 0 amide bonds. The van der Waals surface area contributed by atoms with Gasteiger partial charge in [0.1, 0.15) is 24.8 Å². The van der Waals surface area contributed by atoms with E-state index in [-0.39, 0.29) is 6.61 Å². The average Bonchev–Trinajstić information content (AvgIpc) is 3.21. The molecule has 27 heavy (non-hydrogen) atoms. The molecule has 2 heterocycles. The Labute approximate surface area is 176 Å². The summed E-state index contributed by atoms with van der Waals surface area (Å²) in [5.74, 6) is 0. The van der Waals surface area contributed by atoms with Crippen molar-refractivity contribution in [3.63, 3.8) is 0 Å². The Morgan fingerprint density at radius 1 is 1.07 bits per heavy atom. The number of ether oxygens (including phenoxy) is 1. The van der Waals surface area contributed by atoms with Crippen LogP contribution in [0.25, 0.3) is 0 Å². The normalized spacial score (nSPS) is 10.8. The van der Waals surface area contributed by atoms with E-state index in [1.54, 1.807) is 12.7 Å². The largest absolute Gasteiger partial charge is 0.741 e. The fraction of sp³-hybridized carbons (Fsp3) is 0.300. The number of hydrogen-bond donors (Lipinski definition) is 2. The standard InChI is InChI=1S/C3H3Br3O3.2C3H4N2.CHF3O3S/c4-3(5,6)1-9-2(7)8;2*1-2-5-3-4-1;2-1(3,4)8(5,6)7/h1H2,(H,7,8);2*1-3H,(H,4,5);(H,5,6,7). The number of aromatic nitrogens is 4. The molecule has 0 saturated carbocycles. The molecular weight excluding hydrogens is 601 g/mol. The van der Waals surface area contributed by atoms with Crippen LogP contribution in [0.2, 0.25) is 0 Å². The first-order valence-corrected chi connectivity index (χ1v) is 9.86. The van der Waals surface area contributed by atoms with Gasteiger partial charge in [-0.25, -0.2) is 8.42 Å². The van der Waals surface area contributed by atoms with Crippen LogP contribution >= 0.6 is 47.8 Å². The molecular formula is C10H12Br3F3N4O6S. The molecule has 17 heteroatoms. The first-order chi connectivity index (χ1) is 12.2. The second-order valence-electron chi connectivity index (χ2n) is 3.68. The Hall–Kier alpha value is -1.17. The van der Waals surface area contributed by atoms with Crippen molar-refractivity contribution in [3.05, 3.63) is 37.4 Å². The number of carboxylic acid groups (broad SMARTS) is 1. The van der Waals surface area contributed by atoms with Gasteiger partial charge in [-0.15, -0.1) is 0 Å². The van der Waals surface area contributed by atoms with E-state index in [1.165, 1.54) is 0 Å². The van der Waals surface area contributed by atoms with Crippen LogP contribution in [0.5, 0.6) is 0 Å². The molecule has 4 N–H and O–H groups in total. The van der Waals surface area contributed by atoms with Crippen LogP contribution in [-0.2, 0) is 14.9 Å². The van der Waals surface area contributed by atoms with Crippen molar-refractivity contribution in [1.29, 1.82) is 0 Å². The molecule has 10 nitrogen and oxygen atoms in total.